The van der Waals surface area contributed by atoms with Gasteiger partial charge in [0.1, 0.15) is 11.9 Å². The van der Waals surface area contributed by atoms with E-state index in [1.807, 2.05) is 24.3 Å². The third-order valence-electron chi connectivity index (χ3n) is 3.48. The van der Waals surface area contributed by atoms with Crippen molar-refractivity contribution in [2.45, 2.75) is 18.9 Å². The molecule has 20 heavy (non-hydrogen) atoms. The Bertz CT molecular complexity index is 667. The summed E-state index contributed by atoms with van der Waals surface area (Å²) in [7, 11) is 0. The molecule has 0 saturated heterocycles. The Labute approximate surface area is 121 Å². The quantitative estimate of drug-likeness (QED) is 0.905. The van der Waals surface area contributed by atoms with Crippen LogP contribution in [0.15, 0.2) is 42.5 Å². The summed E-state index contributed by atoms with van der Waals surface area (Å²) in [5.41, 5.74) is 2.30. The number of ether oxygens (including phenoxy) is 1. The maximum Gasteiger partial charge on any atom is 0.335 e. The fourth-order valence-electron chi connectivity index (χ4n) is 2.45. The molecule has 0 fully saturated rings. The van der Waals surface area contributed by atoms with Gasteiger partial charge in [-0.3, -0.25) is 0 Å². The standard InChI is InChI=1S/C16H13ClO3/c17-13-6-4-10-5-7-14(20-15(10)9-13)11-2-1-3-12(8-11)16(18)19/h1-4,6,8-9,14H,5,7H2,(H,18,19). The molecule has 1 aliphatic heterocycles. The van der Waals surface area contributed by atoms with Gasteiger partial charge in [-0.05, 0) is 48.2 Å². The zero-order valence-electron chi connectivity index (χ0n) is 10.7. The molecule has 1 N–H and O–H groups in total. The van der Waals surface area contributed by atoms with E-state index in [2.05, 4.69) is 0 Å². The van der Waals surface area contributed by atoms with Crippen LogP contribution in [0.3, 0.4) is 0 Å². The topological polar surface area (TPSA) is 46.5 Å². The van der Waals surface area contributed by atoms with Gasteiger partial charge in [0.25, 0.3) is 0 Å². The number of carbonyl (C=O) groups is 1. The van der Waals surface area contributed by atoms with Gasteiger partial charge in [0.05, 0.1) is 5.56 Å². The van der Waals surface area contributed by atoms with Gasteiger partial charge in [0.15, 0.2) is 0 Å². The number of hydrogen-bond acceptors (Lipinski definition) is 2. The number of carboxylic acids is 1. The number of benzene rings is 2. The Morgan fingerprint density at radius 1 is 1.25 bits per heavy atom. The van der Waals surface area contributed by atoms with Crippen molar-refractivity contribution in [3.8, 4) is 5.75 Å². The van der Waals surface area contributed by atoms with Crippen molar-refractivity contribution in [1.82, 2.24) is 0 Å². The lowest BCUT2D eigenvalue weighted by atomic mass is 9.96. The van der Waals surface area contributed by atoms with Gasteiger partial charge in [0, 0.05) is 5.02 Å². The summed E-state index contributed by atoms with van der Waals surface area (Å²) in [6.07, 6.45) is 1.60. The second-order valence-corrected chi connectivity index (χ2v) is 5.26. The first-order valence-corrected chi connectivity index (χ1v) is 6.79. The Morgan fingerprint density at radius 2 is 2.10 bits per heavy atom. The predicted molar refractivity (Wildman–Crippen MR) is 76.5 cm³/mol. The lowest BCUT2D eigenvalue weighted by molar-refractivity contribution is 0.0696. The molecule has 0 aromatic heterocycles. The third-order valence-corrected chi connectivity index (χ3v) is 3.71. The molecular formula is C16H13ClO3. The number of aryl methyl sites for hydroxylation is 1. The molecule has 0 bridgehead atoms. The van der Waals surface area contributed by atoms with Crippen LogP contribution in [0, 0.1) is 0 Å². The van der Waals surface area contributed by atoms with E-state index in [4.69, 9.17) is 21.4 Å². The Kier molecular flexibility index (Phi) is 3.36. The van der Waals surface area contributed by atoms with Crippen LogP contribution in [-0.2, 0) is 6.42 Å². The Balaban J connectivity index is 1.90. The molecule has 3 nitrogen and oxygen atoms in total. The summed E-state index contributed by atoms with van der Waals surface area (Å²) < 4.78 is 5.96. The van der Waals surface area contributed by atoms with Crippen LogP contribution >= 0.6 is 11.6 Å². The molecule has 0 amide bonds. The van der Waals surface area contributed by atoms with Crippen molar-refractivity contribution < 1.29 is 14.6 Å². The van der Waals surface area contributed by atoms with Crippen molar-refractivity contribution in [2.75, 3.05) is 0 Å². The normalized spacial score (nSPS) is 17.1. The summed E-state index contributed by atoms with van der Waals surface area (Å²) in [4.78, 5) is 11.0. The monoisotopic (exact) mass is 288 g/mol. The molecule has 0 saturated carbocycles. The van der Waals surface area contributed by atoms with Crippen molar-refractivity contribution in [2.24, 2.45) is 0 Å². The summed E-state index contributed by atoms with van der Waals surface area (Å²) in [6.45, 7) is 0. The van der Waals surface area contributed by atoms with E-state index in [-0.39, 0.29) is 11.7 Å². The number of carboxylic acid groups (broad SMARTS) is 1. The minimum atomic E-state index is -0.925. The molecule has 3 rings (SSSR count). The van der Waals surface area contributed by atoms with E-state index in [1.54, 1.807) is 18.2 Å². The van der Waals surface area contributed by atoms with Gasteiger partial charge >= 0.3 is 5.97 Å². The summed E-state index contributed by atoms with van der Waals surface area (Å²) in [5, 5.41) is 9.69. The zero-order valence-corrected chi connectivity index (χ0v) is 11.4. The van der Waals surface area contributed by atoms with E-state index < -0.39 is 5.97 Å². The summed E-state index contributed by atoms with van der Waals surface area (Å²) in [5.74, 6) is -0.138. The number of hydrogen-bond donors (Lipinski definition) is 1. The SMILES string of the molecule is O=C(O)c1cccc(C2CCc3ccc(Cl)cc3O2)c1. The van der Waals surface area contributed by atoms with E-state index >= 15 is 0 Å². The number of halogens is 1. The van der Waals surface area contributed by atoms with Crippen molar-refractivity contribution in [3.63, 3.8) is 0 Å². The smallest absolute Gasteiger partial charge is 0.335 e. The molecule has 0 spiro atoms. The molecule has 0 aliphatic carbocycles. The van der Waals surface area contributed by atoms with Crippen molar-refractivity contribution in [3.05, 3.63) is 64.2 Å². The van der Waals surface area contributed by atoms with Crippen LogP contribution in [0.4, 0.5) is 0 Å². The Hall–Kier alpha value is -2.00. The van der Waals surface area contributed by atoms with E-state index in [1.165, 1.54) is 0 Å². The minimum Gasteiger partial charge on any atom is -0.485 e. The summed E-state index contributed by atoms with van der Waals surface area (Å²) in [6, 6.07) is 12.5. The average molecular weight is 289 g/mol. The first kappa shape index (κ1) is 13.0. The van der Waals surface area contributed by atoms with Gasteiger partial charge in [-0.2, -0.15) is 0 Å². The minimum absolute atomic E-state index is 0.125. The maximum absolute atomic E-state index is 11.0. The second-order valence-electron chi connectivity index (χ2n) is 4.83. The highest BCUT2D eigenvalue weighted by Gasteiger charge is 2.22. The van der Waals surface area contributed by atoms with Gasteiger partial charge in [0.2, 0.25) is 0 Å². The fourth-order valence-corrected chi connectivity index (χ4v) is 2.61. The largest absolute Gasteiger partial charge is 0.485 e. The van der Waals surface area contributed by atoms with Crippen LogP contribution in [0.5, 0.6) is 5.75 Å². The maximum atomic E-state index is 11.0. The van der Waals surface area contributed by atoms with Crippen LogP contribution in [-0.4, -0.2) is 11.1 Å². The molecule has 1 aliphatic rings. The van der Waals surface area contributed by atoms with E-state index in [9.17, 15) is 4.79 Å². The van der Waals surface area contributed by atoms with Crippen molar-refractivity contribution in [1.29, 1.82) is 0 Å². The van der Waals surface area contributed by atoms with Crippen LogP contribution < -0.4 is 4.74 Å². The van der Waals surface area contributed by atoms with Crippen molar-refractivity contribution >= 4 is 17.6 Å². The highest BCUT2D eigenvalue weighted by molar-refractivity contribution is 6.30. The molecule has 1 unspecified atom stereocenters. The predicted octanol–water partition coefficient (Wildman–Crippen LogP) is 4.10. The zero-order chi connectivity index (χ0) is 14.1. The molecule has 102 valence electrons. The van der Waals surface area contributed by atoms with Crippen LogP contribution in [0.25, 0.3) is 0 Å². The highest BCUT2D eigenvalue weighted by atomic mass is 35.5. The second kappa shape index (κ2) is 5.17. The first-order valence-electron chi connectivity index (χ1n) is 6.42. The van der Waals surface area contributed by atoms with E-state index in [0.29, 0.717) is 5.02 Å². The van der Waals surface area contributed by atoms with Gasteiger partial charge in [-0.15, -0.1) is 0 Å². The number of rotatable bonds is 2. The number of fused-ring (bicyclic) bond motifs is 1. The van der Waals surface area contributed by atoms with Crippen LogP contribution in [0.2, 0.25) is 5.02 Å². The highest BCUT2D eigenvalue weighted by Crippen LogP contribution is 2.36. The van der Waals surface area contributed by atoms with Crippen LogP contribution in [0.1, 0.15) is 34.0 Å². The molecule has 0 radical (unpaired) electrons. The molecule has 1 heterocycles. The molecular weight excluding hydrogens is 276 g/mol. The fraction of sp³-hybridized carbons (Fsp3) is 0.188. The first-order chi connectivity index (χ1) is 9.63. The van der Waals surface area contributed by atoms with E-state index in [0.717, 1.165) is 29.7 Å². The number of aromatic carboxylic acids is 1. The molecule has 4 heteroatoms. The van der Waals surface area contributed by atoms with Gasteiger partial charge < -0.3 is 9.84 Å². The van der Waals surface area contributed by atoms with Gasteiger partial charge in [-0.25, -0.2) is 4.79 Å². The lowest BCUT2D eigenvalue weighted by Gasteiger charge is -2.26. The average Bonchev–Trinajstić information content (AvgIpc) is 2.46. The Morgan fingerprint density at radius 3 is 2.90 bits per heavy atom. The molecule has 2 aromatic rings. The van der Waals surface area contributed by atoms with Gasteiger partial charge in [-0.1, -0.05) is 29.8 Å². The third kappa shape index (κ3) is 2.49. The lowest BCUT2D eigenvalue weighted by Crippen LogP contribution is -2.15. The molecule has 1 atom stereocenters. The molecule has 2 aromatic carbocycles. The summed E-state index contributed by atoms with van der Waals surface area (Å²) >= 11 is 5.98.